The molecule has 0 aliphatic carbocycles. The Morgan fingerprint density at radius 2 is 2.27 bits per heavy atom. The summed E-state index contributed by atoms with van der Waals surface area (Å²) < 4.78 is 3.13. The molecule has 0 aliphatic heterocycles. The predicted molar refractivity (Wildman–Crippen MR) is 47.6 cm³/mol. The normalized spacial score (nSPS) is 10.7. The van der Waals surface area contributed by atoms with E-state index in [4.69, 9.17) is 0 Å². The van der Waals surface area contributed by atoms with Gasteiger partial charge in [0.2, 0.25) is 0 Å². The van der Waals surface area contributed by atoms with Crippen LogP contribution in [0.2, 0.25) is 0 Å². The largest absolute Gasteiger partial charge is 0.308 e. The van der Waals surface area contributed by atoms with Crippen LogP contribution in [0.1, 0.15) is 5.69 Å². The fourth-order valence-electron chi connectivity index (χ4n) is 1.15. The smallest absolute Gasteiger partial charge is 0.0893 e. The fraction of sp³-hybridized carbons (Fsp3) is 0.125. The van der Waals surface area contributed by atoms with Crippen LogP contribution in [-0.4, -0.2) is 9.38 Å². The van der Waals surface area contributed by atoms with Crippen LogP contribution in [0.15, 0.2) is 29.1 Å². The molecule has 11 heavy (non-hydrogen) atoms. The molecule has 0 spiro atoms. The van der Waals surface area contributed by atoms with Crippen LogP contribution in [0.4, 0.5) is 0 Å². The lowest BCUT2D eigenvalue weighted by Crippen LogP contribution is -1.88. The second-order valence-electron chi connectivity index (χ2n) is 2.42. The van der Waals surface area contributed by atoms with Crippen LogP contribution in [0.25, 0.3) is 5.52 Å². The van der Waals surface area contributed by atoms with Crippen LogP contribution in [0, 0.1) is 6.92 Å². The molecule has 2 aromatic rings. The van der Waals surface area contributed by atoms with Crippen molar-refractivity contribution in [3.63, 3.8) is 0 Å². The van der Waals surface area contributed by atoms with E-state index in [1.807, 2.05) is 25.3 Å². The van der Waals surface area contributed by atoms with Crippen molar-refractivity contribution in [3.8, 4) is 0 Å². The first-order chi connectivity index (χ1) is 5.29. The van der Waals surface area contributed by atoms with Gasteiger partial charge in [-0.1, -0.05) is 0 Å². The minimum atomic E-state index is 1.05. The Kier molecular flexibility index (Phi) is 1.46. The van der Waals surface area contributed by atoms with E-state index in [-0.39, 0.29) is 0 Å². The highest BCUT2D eigenvalue weighted by Gasteiger charge is 1.99. The van der Waals surface area contributed by atoms with Gasteiger partial charge in [-0.15, -0.1) is 0 Å². The van der Waals surface area contributed by atoms with E-state index < -0.39 is 0 Å². The Hall–Kier alpha value is -0.830. The summed E-state index contributed by atoms with van der Waals surface area (Å²) in [4.78, 5) is 4.18. The SMILES string of the molecule is Cc1nccn2c(Br)ccc12. The van der Waals surface area contributed by atoms with Crippen molar-refractivity contribution in [1.29, 1.82) is 0 Å². The van der Waals surface area contributed by atoms with Crippen LogP contribution in [0.5, 0.6) is 0 Å². The minimum absolute atomic E-state index is 1.05. The third-order valence-corrected chi connectivity index (χ3v) is 2.37. The van der Waals surface area contributed by atoms with Crippen LogP contribution < -0.4 is 0 Å². The zero-order valence-electron chi connectivity index (χ0n) is 6.08. The molecule has 0 unspecified atom stereocenters. The van der Waals surface area contributed by atoms with Gasteiger partial charge in [0.15, 0.2) is 0 Å². The maximum atomic E-state index is 4.18. The summed E-state index contributed by atoms with van der Waals surface area (Å²) in [6.45, 7) is 2.00. The maximum absolute atomic E-state index is 4.18. The first-order valence-electron chi connectivity index (χ1n) is 3.37. The van der Waals surface area contributed by atoms with E-state index in [1.54, 1.807) is 6.20 Å². The highest BCUT2D eigenvalue weighted by atomic mass is 79.9. The zero-order chi connectivity index (χ0) is 7.84. The Morgan fingerprint density at radius 3 is 3.00 bits per heavy atom. The molecule has 0 atom stereocenters. The van der Waals surface area contributed by atoms with Crippen LogP contribution in [0.3, 0.4) is 0 Å². The Morgan fingerprint density at radius 1 is 1.45 bits per heavy atom. The predicted octanol–water partition coefficient (Wildman–Crippen LogP) is 2.41. The average Bonchev–Trinajstić information content (AvgIpc) is 2.35. The molecule has 56 valence electrons. The van der Waals surface area contributed by atoms with Gasteiger partial charge in [-0.3, -0.25) is 4.98 Å². The van der Waals surface area contributed by atoms with E-state index in [2.05, 4.69) is 25.3 Å². The first kappa shape index (κ1) is 6.85. The number of halogens is 1. The molecule has 2 rings (SSSR count). The standard InChI is InChI=1S/C8H7BrN2/c1-6-7-2-3-8(9)11(7)5-4-10-6/h2-5H,1H3. The Balaban J connectivity index is 2.94. The summed E-state index contributed by atoms with van der Waals surface area (Å²) in [5.74, 6) is 0. The molecular formula is C8H7BrN2. The van der Waals surface area contributed by atoms with Crippen molar-refractivity contribution in [3.05, 3.63) is 34.8 Å². The molecule has 0 aromatic carbocycles. The summed E-state index contributed by atoms with van der Waals surface area (Å²) in [5, 5.41) is 0. The molecule has 2 aromatic heterocycles. The number of hydrogen-bond donors (Lipinski definition) is 0. The zero-order valence-corrected chi connectivity index (χ0v) is 7.67. The second kappa shape index (κ2) is 2.34. The van der Waals surface area contributed by atoms with Gasteiger partial charge in [0.25, 0.3) is 0 Å². The van der Waals surface area contributed by atoms with E-state index in [0.717, 1.165) is 15.8 Å². The molecule has 0 saturated carbocycles. The first-order valence-corrected chi connectivity index (χ1v) is 4.16. The average molecular weight is 211 g/mol. The van der Waals surface area contributed by atoms with Crippen molar-refractivity contribution in [2.24, 2.45) is 0 Å². The van der Waals surface area contributed by atoms with E-state index in [0.29, 0.717) is 0 Å². The molecular weight excluding hydrogens is 204 g/mol. The molecule has 0 amide bonds. The lowest BCUT2D eigenvalue weighted by molar-refractivity contribution is 1.07. The maximum Gasteiger partial charge on any atom is 0.0893 e. The summed E-state index contributed by atoms with van der Waals surface area (Å²) in [6, 6.07) is 4.07. The van der Waals surface area contributed by atoms with Gasteiger partial charge in [-0.25, -0.2) is 0 Å². The third kappa shape index (κ3) is 0.959. The number of nitrogens with zero attached hydrogens (tertiary/aromatic N) is 2. The van der Waals surface area contributed by atoms with Gasteiger partial charge in [0, 0.05) is 12.4 Å². The topological polar surface area (TPSA) is 17.3 Å². The molecule has 0 radical (unpaired) electrons. The van der Waals surface area contributed by atoms with Crippen molar-refractivity contribution >= 4 is 21.4 Å². The second-order valence-corrected chi connectivity index (χ2v) is 3.24. The van der Waals surface area contributed by atoms with Gasteiger partial charge >= 0.3 is 0 Å². The highest BCUT2D eigenvalue weighted by Crippen LogP contribution is 2.16. The lowest BCUT2D eigenvalue weighted by Gasteiger charge is -1.97. The summed E-state index contributed by atoms with van der Waals surface area (Å²) >= 11 is 3.44. The number of fused-ring (bicyclic) bond motifs is 1. The van der Waals surface area contributed by atoms with Crippen molar-refractivity contribution in [2.75, 3.05) is 0 Å². The van der Waals surface area contributed by atoms with Crippen molar-refractivity contribution in [2.45, 2.75) is 6.92 Å². The van der Waals surface area contributed by atoms with Crippen LogP contribution >= 0.6 is 15.9 Å². The van der Waals surface area contributed by atoms with Gasteiger partial charge < -0.3 is 4.40 Å². The molecule has 3 heteroatoms. The minimum Gasteiger partial charge on any atom is -0.308 e. The number of aryl methyl sites for hydroxylation is 1. The summed E-state index contributed by atoms with van der Waals surface area (Å²) in [7, 11) is 0. The quantitative estimate of drug-likeness (QED) is 0.653. The van der Waals surface area contributed by atoms with E-state index in [9.17, 15) is 0 Å². The molecule has 0 fully saturated rings. The number of aromatic nitrogens is 2. The van der Waals surface area contributed by atoms with E-state index >= 15 is 0 Å². The molecule has 0 aliphatic rings. The van der Waals surface area contributed by atoms with E-state index in [1.165, 1.54) is 0 Å². The molecule has 2 heterocycles. The van der Waals surface area contributed by atoms with Crippen molar-refractivity contribution < 1.29 is 0 Å². The number of hydrogen-bond acceptors (Lipinski definition) is 1. The van der Waals surface area contributed by atoms with Gasteiger partial charge in [0.05, 0.1) is 15.8 Å². The molecule has 0 saturated heterocycles. The molecule has 0 N–H and O–H groups in total. The van der Waals surface area contributed by atoms with Gasteiger partial charge in [0.1, 0.15) is 0 Å². The van der Waals surface area contributed by atoms with Crippen molar-refractivity contribution in [1.82, 2.24) is 9.38 Å². The Bertz CT molecular complexity index is 392. The monoisotopic (exact) mass is 210 g/mol. The summed E-state index contributed by atoms with van der Waals surface area (Å²) in [5.41, 5.74) is 2.21. The molecule has 2 nitrogen and oxygen atoms in total. The highest BCUT2D eigenvalue weighted by molar-refractivity contribution is 9.10. The third-order valence-electron chi connectivity index (χ3n) is 1.72. The molecule has 0 bridgehead atoms. The van der Waals surface area contributed by atoms with Crippen LogP contribution in [-0.2, 0) is 0 Å². The van der Waals surface area contributed by atoms with Gasteiger partial charge in [-0.05, 0) is 35.0 Å². The van der Waals surface area contributed by atoms with Gasteiger partial charge in [-0.2, -0.15) is 0 Å². The number of rotatable bonds is 0. The summed E-state index contributed by atoms with van der Waals surface area (Å²) in [6.07, 6.45) is 3.74. The Labute approximate surface area is 73.0 Å². The fourth-order valence-corrected chi connectivity index (χ4v) is 1.59. The lowest BCUT2D eigenvalue weighted by atomic mass is 10.4.